The first kappa shape index (κ1) is 24.6. The standard InChI is InChI=1S/C29H33N7O/c1-2-3-7-22(10-15-30-19-23-8-4-5-13-31-23)35-29(37)26-20-34-36-17-12-21(18-27(26)36)24-11-16-33-28-25(24)9-6-14-32-28/h4-6,8-9,11-14,17-18,20,22,30H,2-3,7,10,15-16,19H2,1H3,(H,32,33)(H,35,37). The molecule has 0 saturated carbocycles. The van der Waals surface area contributed by atoms with Crippen molar-refractivity contribution in [1.82, 2.24) is 30.2 Å². The van der Waals surface area contributed by atoms with E-state index in [4.69, 9.17) is 0 Å². The minimum absolute atomic E-state index is 0.0839. The third kappa shape index (κ3) is 5.86. The van der Waals surface area contributed by atoms with Gasteiger partial charge in [0.2, 0.25) is 0 Å². The first-order valence-corrected chi connectivity index (χ1v) is 13.0. The van der Waals surface area contributed by atoms with Crippen LogP contribution in [0, 0.1) is 0 Å². The molecule has 0 aliphatic carbocycles. The van der Waals surface area contributed by atoms with Crippen molar-refractivity contribution in [2.24, 2.45) is 0 Å². The van der Waals surface area contributed by atoms with Crippen LogP contribution in [-0.4, -0.2) is 44.6 Å². The molecule has 0 spiro atoms. The Kier molecular flexibility index (Phi) is 7.86. The summed E-state index contributed by atoms with van der Waals surface area (Å²) in [5.41, 5.74) is 5.60. The smallest absolute Gasteiger partial charge is 0.255 e. The van der Waals surface area contributed by atoms with Gasteiger partial charge in [0.05, 0.1) is 23.0 Å². The van der Waals surface area contributed by atoms with Crippen LogP contribution < -0.4 is 16.0 Å². The Morgan fingerprint density at radius 3 is 2.92 bits per heavy atom. The highest BCUT2D eigenvalue weighted by atomic mass is 16.1. The Bertz CT molecular complexity index is 1380. The molecule has 8 heteroatoms. The minimum Gasteiger partial charge on any atom is -0.366 e. The summed E-state index contributed by atoms with van der Waals surface area (Å²) in [7, 11) is 0. The van der Waals surface area contributed by atoms with E-state index < -0.39 is 0 Å². The van der Waals surface area contributed by atoms with Crippen LogP contribution in [0.3, 0.4) is 0 Å². The third-order valence-corrected chi connectivity index (χ3v) is 6.69. The van der Waals surface area contributed by atoms with Crippen molar-refractivity contribution in [3.05, 3.63) is 95.7 Å². The van der Waals surface area contributed by atoms with Crippen LogP contribution in [0.25, 0.3) is 11.1 Å². The summed E-state index contributed by atoms with van der Waals surface area (Å²) in [6.07, 6.45) is 13.3. The van der Waals surface area contributed by atoms with Gasteiger partial charge < -0.3 is 16.0 Å². The van der Waals surface area contributed by atoms with Crippen molar-refractivity contribution in [2.75, 3.05) is 18.4 Å². The molecule has 3 N–H and O–H groups in total. The molecule has 0 fully saturated rings. The van der Waals surface area contributed by atoms with Gasteiger partial charge in [0.15, 0.2) is 0 Å². The third-order valence-electron chi connectivity index (χ3n) is 6.69. The van der Waals surface area contributed by atoms with Crippen molar-refractivity contribution >= 4 is 22.8 Å². The first-order valence-electron chi connectivity index (χ1n) is 13.0. The monoisotopic (exact) mass is 495 g/mol. The van der Waals surface area contributed by atoms with Gasteiger partial charge in [-0.25, -0.2) is 9.50 Å². The Morgan fingerprint density at radius 2 is 2.05 bits per heavy atom. The van der Waals surface area contributed by atoms with E-state index >= 15 is 0 Å². The average Bonchev–Trinajstić information content (AvgIpc) is 3.37. The molecule has 1 atom stereocenters. The SMILES string of the molecule is CCCCC(CCNCc1ccccn1)NC(=O)c1cnn2ccc(C3=CCNc4ncccc43)cc12. The topological polar surface area (TPSA) is 96.2 Å². The van der Waals surface area contributed by atoms with Crippen LogP contribution in [0.2, 0.25) is 0 Å². The number of carbonyl (C=O) groups is 1. The minimum atomic E-state index is -0.0839. The van der Waals surface area contributed by atoms with Gasteiger partial charge in [0.25, 0.3) is 5.91 Å². The second-order valence-electron chi connectivity index (χ2n) is 9.30. The molecule has 190 valence electrons. The molecule has 37 heavy (non-hydrogen) atoms. The fourth-order valence-corrected chi connectivity index (χ4v) is 4.72. The van der Waals surface area contributed by atoms with E-state index in [2.05, 4.69) is 50.1 Å². The number of carbonyl (C=O) groups excluding carboxylic acids is 1. The highest BCUT2D eigenvalue weighted by Gasteiger charge is 2.20. The summed E-state index contributed by atoms with van der Waals surface area (Å²) in [4.78, 5) is 22.2. The van der Waals surface area contributed by atoms with E-state index in [0.717, 1.165) is 72.5 Å². The molecule has 1 aliphatic heterocycles. The van der Waals surface area contributed by atoms with Gasteiger partial charge in [-0.05, 0) is 66.9 Å². The van der Waals surface area contributed by atoms with E-state index in [0.29, 0.717) is 12.1 Å². The van der Waals surface area contributed by atoms with Crippen molar-refractivity contribution in [3.63, 3.8) is 0 Å². The number of rotatable bonds is 11. The Labute approximate surface area is 217 Å². The number of hydrogen-bond donors (Lipinski definition) is 3. The maximum atomic E-state index is 13.4. The lowest BCUT2D eigenvalue weighted by molar-refractivity contribution is 0.0934. The number of nitrogens with zero attached hydrogens (tertiary/aromatic N) is 4. The summed E-state index contributed by atoms with van der Waals surface area (Å²) in [6.45, 7) is 4.41. The maximum absolute atomic E-state index is 13.4. The number of anilines is 1. The molecule has 4 aromatic rings. The fraction of sp³-hybridized carbons (Fsp3) is 0.310. The summed E-state index contributed by atoms with van der Waals surface area (Å²) >= 11 is 0. The number of unbranched alkanes of at least 4 members (excludes halogenated alkanes) is 1. The van der Waals surface area contributed by atoms with Gasteiger partial charge >= 0.3 is 0 Å². The highest BCUT2D eigenvalue weighted by molar-refractivity contribution is 6.01. The van der Waals surface area contributed by atoms with Crippen LogP contribution in [-0.2, 0) is 6.54 Å². The second-order valence-corrected chi connectivity index (χ2v) is 9.30. The van der Waals surface area contributed by atoms with Gasteiger partial charge in [-0.1, -0.05) is 31.9 Å². The number of nitrogens with one attached hydrogen (secondary N) is 3. The number of fused-ring (bicyclic) bond motifs is 2. The van der Waals surface area contributed by atoms with Crippen LogP contribution in [0.15, 0.2) is 73.3 Å². The van der Waals surface area contributed by atoms with Crippen molar-refractivity contribution in [3.8, 4) is 0 Å². The van der Waals surface area contributed by atoms with Gasteiger partial charge in [-0.2, -0.15) is 5.10 Å². The molecule has 0 saturated heterocycles. The lowest BCUT2D eigenvalue weighted by Crippen LogP contribution is -2.37. The zero-order valence-electron chi connectivity index (χ0n) is 21.2. The molecule has 5 heterocycles. The fourth-order valence-electron chi connectivity index (χ4n) is 4.72. The Balaban J connectivity index is 1.29. The molecule has 0 aromatic carbocycles. The summed E-state index contributed by atoms with van der Waals surface area (Å²) in [5.74, 6) is 0.793. The summed E-state index contributed by atoms with van der Waals surface area (Å²) in [5, 5.41) is 14.5. The quantitative estimate of drug-likeness (QED) is 0.266. The zero-order chi connectivity index (χ0) is 25.5. The molecule has 8 nitrogen and oxygen atoms in total. The van der Waals surface area contributed by atoms with Gasteiger partial charge in [0.1, 0.15) is 5.82 Å². The van der Waals surface area contributed by atoms with Crippen LogP contribution in [0.5, 0.6) is 0 Å². The van der Waals surface area contributed by atoms with Crippen LogP contribution >= 0.6 is 0 Å². The lowest BCUT2D eigenvalue weighted by atomic mass is 9.96. The summed E-state index contributed by atoms with van der Waals surface area (Å²) in [6, 6.07) is 14.1. The number of aromatic nitrogens is 4. The largest absolute Gasteiger partial charge is 0.366 e. The Morgan fingerprint density at radius 1 is 1.14 bits per heavy atom. The maximum Gasteiger partial charge on any atom is 0.255 e. The highest BCUT2D eigenvalue weighted by Crippen LogP contribution is 2.31. The van der Waals surface area contributed by atoms with Gasteiger partial charge in [0, 0.05) is 43.3 Å². The molecule has 4 aromatic heterocycles. The summed E-state index contributed by atoms with van der Waals surface area (Å²) < 4.78 is 1.76. The van der Waals surface area contributed by atoms with Crippen molar-refractivity contribution in [1.29, 1.82) is 0 Å². The Hall–Kier alpha value is -4.04. The van der Waals surface area contributed by atoms with E-state index in [1.807, 2.05) is 42.6 Å². The van der Waals surface area contributed by atoms with Gasteiger partial charge in [-0.3, -0.25) is 9.78 Å². The predicted molar refractivity (Wildman–Crippen MR) is 146 cm³/mol. The van der Waals surface area contributed by atoms with E-state index in [1.165, 1.54) is 0 Å². The molecule has 0 radical (unpaired) electrons. The number of hydrogen-bond acceptors (Lipinski definition) is 6. The number of amides is 1. The molecule has 1 unspecified atom stereocenters. The second kappa shape index (κ2) is 11.8. The molecular weight excluding hydrogens is 462 g/mol. The normalized spacial score (nSPS) is 13.5. The molecular formula is C29H33N7O. The molecule has 5 rings (SSSR count). The van der Waals surface area contributed by atoms with Crippen LogP contribution in [0.4, 0.5) is 5.82 Å². The first-order chi connectivity index (χ1) is 18.2. The van der Waals surface area contributed by atoms with E-state index in [-0.39, 0.29) is 11.9 Å². The molecule has 1 amide bonds. The van der Waals surface area contributed by atoms with Gasteiger partial charge in [-0.15, -0.1) is 0 Å². The van der Waals surface area contributed by atoms with E-state index in [9.17, 15) is 4.79 Å². The van der Waals surface area contributed by atoms with Crippen molar-refractivity contribution < 1.29 is 4.79 Å². The zero-order valence-corrected chi connectivity index (χ0v) is 21.2. The molecule has 1 aliphatic rings. The molecule has 0 bridgehead atoms. The lowest BCUT2D eigenvalue weighted by Gasteiger charge is -2.19. The number of pyridine rings is 3. The average molecular weight is 496 g/mol. The van der Waals surface area contributed by atoms with E-state index in [1.54, 1.807) is 23.1 Å². The van der Waals surface area contributed by atoms with Crippen molar-refractivity contribution in [2.45, 2.75) is 45.2 Å². The predicted octanol–water partition coefficient (Wildman–Crippen LogP) is 4.45. The van der Waals surface area contributed by atoms with Crippen LogP contribution in [0.1, 0.15) is 59.8 Å².